The molecule has 2 aliphatic rings. The summed E-state index contributed by atoms with van der Waals surface area (Å²) in [5.74, 6) is -0.857. The molecule has 2 aromatic rings. The number of amides is 3. The Kier molecular flexibility index (Phi) is 3.92. The maximum Gasteiger partial charge on any atom is 0.261 e. The highest BCUT2D eigenvalue weighted by atomic mass is 32.1. The standard InChI is InChI=1S/C19H18N2O3S/c1-12-14-7-9-25-16(14)6-8-20(12)18(23)11-21-17(22)10-13-4-2-3-5-15(13)19(21)24/h2-5,7,9,12H,6,8,10-11H2,1H3/t12-/m0/s1. The molecule has 4 rings (SSSR count). The maximum atomic E-state index is 12.8. The van der Waals surface area contributed by atoms with Gasteiger partial charge in [0, 0.05) is 17.0 Å². The van der Waals surface area contributed by atoms with Crippen LogP contribution in [0.4, 0.5) is 0 Å². The lowest BCUT2D eigenvalue weighted by Gasteiger charge is -2.35. The van der Waals surface area contributed by atoms with E-state index in [2.05, 4.69) is 6.07 Å². The number of carbonyl (C=O) groups is 3. The number of rotatable bonds is 2. The maximum absolute atomic E-state index is 12.8. The number of hydrogen-bond donors (Lipinski definition) is 0. The van der Waals surface area contributed by atoms with Gasteiger partial charge in [-0.3, -0.25) is 19.3 Å². The molecule has 6 heteroatoms. The van der Waals surface area contributed by atoms with Crippen LogP contribution in [0, 0.1) is 0 Å². The molecule has 0 aliphatic carbocycles. The molecule has 0 saturated carbocycles. The van der Waals surface area contributed by atoms with Crippen LogP contribution in [0.15, 0.2) is 35.7 Å². The molecule has 0 fully saturated rings. The third-order valence-corrected chi connectivity index (χ3v) is 6.02. The van der Waals surface area contributed by atoms with E-state index in [0.717, 1.165) is 16.9 Å². The molecule has 2 aliphatic heterocycles. The third kappa shape index (κ3) is 2.66. The average Bonchev–Trinajstić information content (AvgIpc) is 3.08. The van der Waals surface area contributed by atoms with Gasteiger partial charge in [-0.25, -0.2) is 0 Å². The second-order valence-electron chi connectivity index (χ2n) is 6.43. The number of carbonyl (C=O) groups excluding carboxylic acids is 3. The highest BCUT2D eigenvalue weighted by Crippen LogP contribution is 2.33. The van der Waals surface area contributed by atoms with Crippen LogP contribution in [-0.2, 0) is 22.4 Å². The fourth-order valence-corrected chi connectivity index (χ4v) is 4.60. The van der Waals surface area contributed by atoms with Gasteiger partial charge in [0.15, 0.2) is 0 Å². The largest absolute Gasteiger partial charge is 0.334 e. The summed E-state index contributed by atoms with van der Waals surface area (Å²) in [6.45, 7) is 2.44. The van der Waals surface area contributed by atoms with E-state index >= 15 is 0 Å². The van der Waals surface area contributed by atoms with Crippen molar-refractivity contribution in [2.45, 2.75) is 25.8 Å². The van der Waals surface area contributed by atoms with Crippen LogP contribution in [0.25, 0.3) is 0 Å². The zero-order chi connectivity index (χ0) is 17.6. The van der Waals surface area contributed by atoms with E-state index in [1.165, 1.54) is 10.4 Å². The van der Waals surface area contributed by atoms with Crippen LogP contribution in [-0.4, -0.2) is 40.6 Å². The molecule has 1 aromatic heterocycles. The number of benzene rings is 1. The van der Waals surface area contributed by atoms with E-state index in [1.807, 2.05) is 18.4 Å². The van der Waals surface area contributed by atoms with Crippen molar-refractivity contribution >= 4 is 29.1 Å². The Morgan fingerprint density at radius 3 is 2.88 bits per heavy atom. The zero-order valence-corrected chi connectivity index (χ0v) is 14.7. The van der Waals surface area contributed by atoms with Crippen molar-refractivity contribution in [1.82, 2.24) is 9.80 Å². The van der Waals surface area contributed by atoms with Crippen LogP contribution in [0.2, 0.25) is 0 Å². The molecule has 128 valence electrons. The summed E-state index contributed by atoms with van der Waals surface area (Å²) in [5.41, 5.74) is 2.42. The van der Waals surface area contributed by atoms with E-state index in [1.54, 1.807) is 34.4 Å². The smallest absolute Gasteiger partial charge is 0.261 e. The van der Waals surface area contributed by atoms with E-state index in [9.17, 15) is 14.4 Å². The van der Waals surface area contributed by atoms with Gasteiger partial charge in [-0.15, -0.1) is 11.3 Å². The van der Waals surface area contributed by atoms with Crippen molar-refractivity contribution in [2.24, 2.45) is 0 Å². The average molecular weight is 354 g/mol. The number of thiophene rings is 1. The normalized spacial score (nSPS) is 19.6. The Hall–Kier alpha value is -2.47. The summed E-state index contributed by atoms with van der Waals surface area (Å²) in [4.78, 5) is 42.0. The van der Waals surface area contributed by atoms with E-state index in [4.69, 9.17) is 0 Å². The lowest BCUT2D eigenvalue weighted by Crippen LogP contribution is -2.50. The summed E-state index contributed by atoms with van der Waals surface area (Å²) in [6, 6.07) is 9.12. The lowest BCUT2D eigenvalue weighted by molar-refractivity contribution is -0.140. The third-order valence-electron chi connectivity index (χ3n) is 5.03. The minimum atomic E-state index is -0.374. The van der Waals surface area contributed by atoms with Gasteiger partial charge in [-0.05, 0) is 42.0 Å². The predicted molar refractivity (Wildman–Crippen MR) is 94.3 cm³/mol. The van der Waals surface area contributed by atoms with Crippen molar-refractivity contribution in [2.75, 3.05) is 13.1 Å². The summed E-state index contributed by atoms with van der Waals surface area (Å²) in [7, 11) is 0. The minimum Gasteiger partial charge on any atom is -0.334 e. The molecule has 0 saturated heterocycles. The van der Waals surface area contributed by atoms with Crippen LogP contribution in [0.5, 0.6) is 0 Å². The quantitative estimate of drug-likeness (QED) is 0.778. The van der Waals surface area contributed by atoms with Gasteiger partial charge < -0.3 is 4.90 Å². The first-order valence-electron chi connectivity index (χ1n) is 8.34. The monoisotopic (exact) mass is 354 g/mol. The highest BCUT2D eigenvalue weighted by molar-refractivity contribution is 7.10. The molecule has 3 amide bonds. The molecule has 0 spiro atoms. The Labute approximate surface area is 149 Å². The van der Waals surface area contributed by atoms with Crippen LogP contribution in [0.1, 0.15) is 39.3 Å². The molecular weight excluding hydrogens is 336 g/mol. The molecule has 1 aromatic carbocycles. The van der Waals surface area contributed by atoms with Crippen LogP contribution < -0.4 is 0 Å². The van der Waals surface area contributed by atoms with Gasteiger partial charge in [0.2, 0.25) is 11.8 Å². The molecule has 25 heavy (non-hydrogen) atoms. The Morgan fingerprint density at radius 2 is 2.04 bits per heavy atom. The van der Waals surface area contributed by atoms with E-state index < -0.39 is 0 Å². The Morgan fingerprint density at radius 1 is 1.24 bits per heavy atom. The van der Waals surface area contributed by atoms with Crippen molar-refractivity contribution < 1.29 is 14.4 Å². The highest BCUT2D eigenvalue weighted by Gasteiger charge is 2.35. The fourth-order valence-electron chi connectivity index (χ4n) is 3.64. The molecule has 0 radical (unpaired) electrons. The van der Waals surface area contributed by atoms with E-state index in [-0.39, 0.29) is 36.7 Å². The molecule has 0 unspecified atom stereocenters. The Balaban J connectivity index is 1.54. The van der Waals surface area contributed by atoms with Gasteiger partial charge in [-0.2, -0.15) is 0 Å². The summed E-state index contributed by atoms with van der Waals surface area (Å²) in [6.07, 6.45) is 0.993. The molecule has 3 heterocycles. The molecule has 5 nitrogen and oxygen atoms in total. The lowest BCUT2D eigenvalue weighted by atomic mass is 9.98. The topological polar surface area (TPSA) is 57.7 Å². The predicted octanol–water partition coefficient (Wildman–Crippen LogP) is 2.42. The number of imide groups is 1. The second-order valence-corrected chi connectivity index (χ2v) is 7.43. The zero-order valence-electron chi connectivity index (χ0n) is 13.9. The van der Waals surface area contributed by atoms with Crippen LogP contribution >= 0.6 is 11.3 Å². The minimum absolute atomic E-state index is 0.0234. The van der Waals surface area contributed by atoms with Crippen molar-refractivity contribution in [3.8, 4) is 0 Å². The van der Waals surface area contributed by atoms with Crippen molar-refractivity contribution in [3.05, 3.63) is 57.3 Å². The first-order valence-corrected chi connectivity index (χ1v) is 9.22. The van der Waals surface area contributed by atoms with E-state index in [0.29, 0.717) is 12.1 Å². The first-order chi connectivity index (χ1) is 12.1. The van der Waals surface area contributed by atoms with Gasteiger partial charge >= 0.3 is 0 Å². The molecular formula is C19H18N2O3S. The summed E-state index contributed by atoms with van der Waals surface area (Å²) >= 11 is 1.71. The first kappa shape index (κ1) is 16.0. The summed E-state index contributed by atoms with van der Waals surface area (Å²) < 4.78 is 0. The van der Waals surface area contributed by atoms with Gasteiger partial charge in [0.1, 0.15) is 6.54 Å². The van der Waals surface area contributed by atoms with Crippen LogP contribution in [0.3, 0.4) is 0 Å². The van der Waals surface area contributed by atoms with Gasteiger partial charge in [0.25, 0.3) is 5.91 Å². The molecule has 1 atom stereocenters. The summed E-state index contributed by atoms with van der Waals surface area (Å²) in [5, 5.41) is 2.05. The van der Waals surface area contributed by atoms with Gasteiger partial charge in [-0.1, -0.05) is 18.2 Å². The van der Waals surface area contributed by atoms with Crippen molar-refractivity contribution in [1.29, 1.82) is 0 Å². The second kappa shape index (κ2) is 6.11. The SMILES string of the molecule is C[C@H]1c2ccsc2CCN1C(=O)CN1C(=O)Cc2ccccc2C1=O. The Bertz CT molecular complexity index is 873. The number of hydrogen-bond acceptors (Lipinski definition) is 4. The molecule has 0 N–H and O–H groups in total. The fraction of sp³-hybridized carbons (Fsp3) is 0.316. The molecule has 0 bridgehead atoms. The number of nitrogens with zero attached hydrogens (tertiary/aromatic N) is 2. The number of fused-ring (bicyclic) bond motifs is 2. The van der Waals surface area contributed by atoms with Gasteiger partial charge in [0.05, 0.1) is 12.5 Å². The van der Waals surface area contributed by atoms with Crippen molar-refractivity contribution in [3.63, 3.8) is 0 Å².